The zero-order valence-corrected chi connectivity index (χ0v) is 11.0. The zero-order valence-electron chi connectivity index (χ0n) is 11.0. The predicted molar refractivity (Wildman–Crippen MR) is 71.9 cm³/mol. The minimum Gasteiger partial charge on any atom is -0.387 e. The van der Waals surface area contributed by atoms with Crippen molar-refractivity contribution in [3.63, 3.8) is 0 Å². The SMILES string of the molecule is CCC(C)(CN)C(=O)NCC(O)c1ccccc1. The van der Waals surface area contributed by atoms with Gasteiger partial charge < -0.3 is 16.2 Å². The van der Waals surface area contributed by atoms with Gasteiger partial charge in [0.25, 0.3) is 0 Å². The van der Waals surface area contributed by atoms with Gasteiger partial charge in [-0.05, 0) is 18.9 Å². The minimum atomic E-state index is -0.686. The van der Waals surface area contributed by atoms with Crippen LogP contribution >= 0.6 is 0 Å². The highest BCUT2D eigenvalue weighted by Gasteiger charge is 2.29. The molecule has 0 saturated heterocycles. The van der Waals surface area contributed by atoms with E-state index in [2.05, 4.69) is 5.32 Å². The number of hydrogen-bond acceptors (Lipinski definition) is 3. The second-order valence-corrected chi connectivity index (χ2v) is 4.75. The van der Waals surface area contributed by atoms with Crippen LogP contribution < -0.4 is 11.1 Å². The number of carbonyl (C=O) groups is 1. The first kappa shape index (κ1) is 14.7. The van der Waals surface area contributed by atoms with E-state index in [1.54, 1.807) is 0 Å². The lowest BCUT2D eigenvalue weighted by molar-refractivity contribution is -0.130. The fraction of sp³-hybridized carbons (Fsp3) is 0.500. The third-order valence-corrected chi connectivity index (χ3v) is 3.42. The Labute approximate surface area is 108 Å². The van der Waals surface area contributed by atoms with Gasteiger partial charge in [-0.15, -0.1) is 0 Å². The van der Waals surface area contributed by atoms with E-state index in [0.29, 0.717) is 13.0 Å². The number of carbonyl (C=O) groups excluding carboxylic acids is 1. The normalized spacial score (nSPS) is 15.8. The van der Waals surface area contributed by atoms with E-state index in [0.717, 1.165) is 5.56 Å². The summed E-state index contributed by atoms with van der Waals surface area (Å²) in [6, 6.07) is 9.27. The van der Waals surface area contributed by atoms with Crippen LogP contribution in [0.3, 0.4) is 0 Å². The van der Waals surface area contributed by atoms with Gasteiger partial charge in [-0.1, -0.05) is 37.3 Å². The van der Waals surface area contributed by atoms with Crippen molar-refractivity contribution in [1.29, 1.82) is 0 Å². The second kappa shape index (κ2) is 6.52. The van der Waals surface area contributed by atoms with Crippen molar-refractivity contribution in [3.8, 4) is 0 Å². The minimum absolute atomic E-state index is 0.109. The molecular formula is C14H22N2O2. The molecule has 4 nitrogen and oxygen atoms in total. The van der Waals surface area contributed by atoms with E-state index in [1.165, 1.54) is 0 Å². The molecule has 100 valence electrons. The van der Waals surface area contributed by atoms with Crippen molar-refractivity contribution in [3.05, 3.63) is 35.9 Å². The van der Waals surface area contributed by atoms with Crippen LogP contribution in [-0.2, 0) is 4.79 Å². The Morgan fingerprint density at radius 2 is 2.06 bits per heavy atom. The quantitative estimate of drug-likeness (QED) is 0.710. The molecule has 4 N–H and O–H groups in total. The molecule has 1 aromatic rings. The third kappa shape index (κ3) is 3.55. The lowest BCUT2D eigenvalue weighted by Crippen LogP contribution is -2.44. The van der Waals surface area contributed by atoms with Crippen LogP contribution in [-0.4, -0.2) is 24.1 Å². The molecule has 0 aliphatic heterocycles. The van der Waals surface area contributed by atoms with Gasteiger partial charge in [-0.3, -0.25) is 4.79 Å². The highest BCUT2D eigenvalue weighted by Crippen LogP contribution is 2.19. The average molecular weight is 250 g/mol. The monoisotopic (exact) mass is 250 g/mol. The van der Waals surface area contributed by atoms with E-state index in [-0.39, 0.29) is 12.5 Å². The van der Waals surface area contributed by atoms with E-state index in [4.69, 9.17) is 5.73 Å². The molecule has 18 heavy (non-hydrogen) atoms. The molecule has 0 aliphatic carbocycles. The van der Waals surface area contributed by atoms with E-state index in [1.807, 2.05) is 44.2 Å². The number of nitrogens with two attached hydrogens (primary N) is 1. The fourth-order valence-electron chi connectivity index (χ4n) is 1.59. The maximum Gasteiger partial charge on any atom is 0.227 e. The lowest BCUT2D eigenvalue weighted by Gasteiger charge is -2.25. The maximum atomic E-state index is 12.0. The van der Waals surface area contributed by atoms with Crippen LogP contribution in [0.2, 0.25) is 0 Å². The van der Waals surface area contributed by atoms with Gasteiger partial charge in [0, 0.05) is 13.1 Å². The Hall–Kier alpha value is -1.39. The van der Waals surface area contributed by atoms with E-state index >= 15 is 0 Å². The van der Waals surface area contributed by atoms with Gasteiger partial charge in [0.15, 0.2) is 0 Å². The highest BCUT2D eigenvalue weighted by atomic mass is 16.3. The van der Waals surface area contributed by atoms with Crippen LogP contribution in [0.4, 0.5) is 0 Å². The topological polar surface area (TPSA) is 75.4 Å². The summed E-state index contributed by atoms with van der Waals surface area (Å²) < 4.78 is 0. The van der Waals surface area contributed by atoms with Crippen LogP contribution in [0.5, 0.6) is 0 Å². The second-order valence-electron chi connectivity index (χ2n) is 4.75. The number of nitrogens with one attached hydrogen (secondary N) is 1. The first-order valence-electron chi connectivity index (χ1n) is 6.25. The standard InChI is InChI=1S/C14H22N2O2/c1-3-14(2,10-15)13(18)16-9-12(17)11-7-5-4-6-8-11/h4-8,12,17H,3,9-10,15H2,1-2H3,(H,16,18). The van der Waals surface area contributed by atoms with Crippen molar-refractivity contribution < 1.29 is 9.90 Å². The number of amides is 1. The molecule has 0 saturated carbocycles. The molecular weight excluding hydrogens is 228 g/mol. The molecule has 0 radical (unpaired) electrons. The first-order chi connectivity index (χ1) is 8.53. The summed E-state index contributed by atoms with van der Waals surface area (Å²) in [4.78, 5) is 12.0. The third-order valence-electron chi connectivity index (χ3n) is 3.42. The van der Waals surface area contributed by atoms with Crippen LogP contribution in [0.15, 0.2) is 30.3 Å². The van der Waals surface area contributed by atoms with Gasteiger partial charge in [0.05, 0.1) is 11.5 Å². The molecule has 0 aliphatic rings. The van der Waals surface area contributed by atoms with Crippen LogP contribution in [0.25, 0.3) is 0 Å². The maximum absolute atomic E-state index is 12.0. The molecule has 4 heteroatoms. The van der Waals surface area contributed by atoms with Crippen molar-refractivity contribution in [1.82, 2.24) is 5.32 Å². The first-order valence-corrected chi connectivity index (χ1v) is 6.25. The summed E-state index contributed by atoms with van der Waals surface area (Å²) in [7, 11) is 0. The van der Waals surface area contributed by atoms with E-state index < -0.39 is 11.5 Å². The molecule has 0 bridgehead atoms. The van der Waals surface area contributed by atoms with Gasteiger partial charge in [0.2, 0.25) is 5.91 Å². The summed E-state index contributed by atoms with van der Waals surface area (Å²) in [6.07, 6.45) is -0.00874. The summed E-state index contributed by atoms with van der Waals surface area (Å²) in [5.74, 6) is -0.109. The predicted octanol–water partition coefficient (Wildman–Crippen LogP) is 1.21. The Bertz CT molecular complexity index is 375. The summed E-state index contributed by atoms with van der Waals surface area (Å²) in [5, 5.41) is 12.7. The molecule has 2 unspecified atom stereocenters. The molecule has 0 heterocycles. The number of benzene rings is 1. The number of hydrogen-bond donors (Lipinski definition) is 3. The molecule has 1 aromatic carbocycles. The Morgan fingerprint density at radius 3 is 2.56 bits per heavy atom. The summed E-state index contributed by atoms with van der Waals surface area (Å²) in [5.41, 5.74) is 5.85. The van der Waals surface area contributed by atoms with E-state index in [9.17, 15) is 9.90 Å². The molecule has 0 fully saturated rings. The molecule has 1 amide bonds. The van der Waals surface area contributed by atoms with Crippen LogP contribution in [0, 0.1) is 5.41 Å². The molecule has 2 atom stereocenters. The molecule has 0 aromatic heterocycles. The largest absolute Gasteiger partial charge is 0.387 e. The Balaban J connectivity index is 2.53. The van der Waals surface area contributed by atoms with Gasteiger partial charge >= 0.3 is 0 Å². The average Bonchev–Trinajstić information content (AvgIpc) is 2.44. The lowest BCUT2D eigenvalue weighted by atomic mass is 9.86. The fourth-order valence-corrected chi connectivity index (χ4v) is 1.59. The molecule has 1 rings (SSSR count). The Morgan fingerprint density at radius 1 is 1.44 bits per heavy atom. The summed E-state index contributed by atoms with van der Waals surface area (Å²) >= 11 is 0. The highest BCUT2D eigenvalue weighted by molar-refractivity contribution is 5.82. The number of rotatable bonds is 6. The van der Waals surface area contributed by atoms with Crippen molar-refractivity contribution in [2.45, 2.75) is 26.4 Å². The van der Waals surface area contributed by atoms with Gasteiger partial charge in [0.1, 0.15) is 0 Å². The van der Waals surface area contributed by atoms with Gasteiger partial charge in [-0.25, -0.2) is 0 Å². The van der Waals surface area contributed by atoms with Crippen LogP contribution in [0.1, 0.15) is 31.9 Å². The van der Waals surface area contributed by atoms with Gasteiger partial charge in [-0.2, -0.15) is 0 Å². The van der Waals surface area contributed by atoms with Crippen molar-refractivity contribution >= 4 is 5.91 Å². The van der Waals surface area contributed by atoms with Crippen molar-refractivity contribution in [2.24, 2.45) is 11.1 Å². The zero-order chi connectivity index (χ0) is 13.6. The molecule has 0 spiro atoms. The number of aliphatic hydroxyl groups excluding tert-OH is 1. The Kier molecular flexibility index (Phi) is 5.31. The number of aliphatic hydroxyl groups is 1. The van der Waals surface area contributed by atoms with Crippen molar-refractivity contribution in [2.75, 3.05) is 13.1 Å². The summed E-state index contributed by atoms with van der Waals surface area (Å²) in [6.45, 7) is 4.27. The smallest absolute Gasteiger partial charge is 0.227 e.